The minimum Gasteiger partial charge on any atom is -0.326 e. The Morgan fingerprint density at radius 1 is 0.903 bits per heavy atom. The topological polar surface area (TPSA) is 75.3 Å². The van der Waals surface area contributed by atoms with Crippen LogP contribution in [0.1, 0.15) is 41.6 Å². The standard InChI is InChI=1S/C25H28N2O3S/c1-18-8-7-11-24(19(18)2)26-25(28)17-14-21-12-15-23(16-13-21)31(29,30)27-20(3)22-9-5-4-6-10-22/h4-13,15-16,20,27H,14,17H2,1-3H3,(H,26,28)/t20-/m1/s1. The van der Waals surface area contributed by atoms with Crippen LogP contribution in [0.4, 0.5) is 5.69 Å². The Morgan fingerprint density at radius 3 is 2.26 bits per heavy atom. The zero-order valence-electron chi connectivity index (χ0n) is 18.1. The van der Waals surface area contributed by atoms with Gasteiger partial charge in [-0.25, -0.2) is 13.1 Å². The van der Waals surface area contributed by atoms with E-state index in [4.69, 9.17) is 0 Å². The predicted octanol–water partition coefficient (Wildman–Crippen LogP) is 4.91. The molecule has 0 aliphatic carbocycles. The second kappa shape index (κ2) is 9.90. The third-order valence-corrected chi connectivity index (χ3v) is 6.94. The van der Waals surface area contributed by atoms with Crippen LogP contribution in [-0.2, 0) is 21.2 Å². The fourth-order valence-electron chi connectivity index (χ4n) is 3.30. The van der Waals surface area contributed by atoms with Crippen molar-refractivity contribution >= 4 is 21.6 Å². The maximum atomic E-state index is 12.7. The van der Waals surface area contributed by atoms with E-state index in [0.717, 1.165) is 27.9 Å². The maximum absolute atomic E-state index is 12.7. The number of nitrogens with one attached hydrogen (secondary N) is 2. The normalized spacial score (nSPS) is 12.4. The number of carbonyl (C=O) groups is 1. The molecule has 3 aromatic rings. The monoisotopic (exact) mass is 436 g/mol. The van der Waals surface area contributed by atoms with Crippen molar-refractivity contribution < 1.29 is 13.2 Å². The number of carbonyl (C=O) groups excluding carboxylic acids is 1. The second-order valence-electron chi connectivity index (χ2n) is 7.69. The lowest BCUT2D eigenvalue weighted by atomic mass is 10.1. The van der Waals surface area contributed by atoms with Crippen LogP contribution in [0.5, 0.6) is 0 Å². The maximum Gasteiger partial charge on any atom is 0.241 e. The van der Waals surface area contributed by atoms with Gasteiger partial charge in [-0.2, -0.15) is 0 Å². The Labute approximate surface area is 184 Å². The fraction of sp³-hybridized carbons (Fsp3) is 0.240. The molecule has 2 N–H and O–H groups in total. The molecule has 31 heavy (non-hydrogen) atoms. The summed E-state index contributed by atoms with van der Waals surface area (Å²) in [6.07, 6.45) is 0.855. The third-order valence-electron chi connectivity index (χ3n) is 5.38. The molecule has 0 bridgehead atoms. The number of aryl methyl sites for hydroxylation is 2. The molecule has 0 fully saturated rings. The van der Waals surface area contributed by atoms with Crippen molar-refractivity contribution in [3.05, 3.63) is 95.1 Å². The quantitative estimate of drug-likeness (QED) is 0.527. The van der Waals surface area contributed by atoms with Gasteiger partial charge in [-0.1, -0.05) is 54.6 Å². The summed E-state index contributed by atoms with van der Waals surface area (Å²) in [7, 11) is -3.63. The molecule has 1 atom stereocenters. The number of sulfonamides is 1. The molecule has 0 spiro atoms. The van der Waals surface area contributed by atoms with Crippen LogP contribution in [0.25, 0.3) is 0 Å². The van der Waals surface area contributed by atoms with E-state index >= 15 is 0 Å². The summed E-state index contributed by atoms with van der Waals surface area (Å²) in [5, 5.41) is 2.95. The Balaban J connectivity index is 1.58. The molecule has 3 aromatic carbocycles. The minimum absolute atomic E-state index is 0.0660. The van der Waals surface area contributed by atoms with Gasteiger partial charge in [-0.05, 0) is 67.6 Å². The molecule has 0 aliphatic rings. The number of hydrogen-bond donors (Lipinski definition) is 2. The zero-order chi connectivity index (χ0) is 22.4. The molecule has 0 aliphatic heterocycles. The van der Waals surface area contributed by atoms with E-state index in [1.54, 1.807) is 24.3 Å². The first-order chi connectivity index (χ1) is 14.8. The molecular formula is C25H28N2O3S. The summed E-state index contributed by atoms with van der Waals surface area (Å²) < 4.78 is 28.1. The summed E-state index contributed by atoms with van der Waals surface area (Å²) in [5.74, 6) is -0.0660. The van der Waals surface area contributed by atoms with Crippen molar-refractivity contribution in [2.45, 2.75) is 44.6 Å². The lowest BCUT2D eigenvalue weighted by Crippen LogP contribution is -2.26. The van der Waals surface area contributed by atoms with E-state index in [-0.39, 0.29) is 16.8 Å². The van der Waals surface area contributed by atoms with Crippen LogP contribution >= 0.6 is 0 Å². The van der Waals surface area contributed by atoms with Crippen LogP contribution < -0.4 is 10.0 Å². The fourth-order valence-corrected chi connectivity index (χ4v) is 4.53. The Morgan fingerprint density at radius 2 is 1.58 bits per heavy atom. The van der Waals surface area contributed by atoms with E-state index in [2.05, 4.69) is 10.0 Å². The van der Waals surface area contributed by atoms with Crippen molar-refractivity contribution in [1.29, 1.82) is 0 Å². The number of anilines is 1. The first-order valence-electron chi connectivity index (χ1n) is 10.3. The second-order valence-corrected chi connectivity index (χ2v) is 9.41. The first-order valence-corrected chi connectivity index (χ1v) is 11.8. The van der Waals surface area contributed by atoms with Crippen LogP contribution in [0.2, 0.25) is 0 Å². The van der Waals surface area contributed by atoms with E-state index in [9.17, 15) is 13.2 Å². The van der Waals surface area contributed by atoms with Crippen molar-refractivity contribution in [2.75, 3.05) is 5.32 Å². The highest BCUT2D eigenvalue weighted by molar-refractivity contribution is 7.89. The molecule has 0 saturated carbocycles. The van der Waals surface area contributed by atoms with Gasteiger partial charge in [-0.3, -0.25) is 4.79 Å². The average molecular weight is 437 g/mol. The van der Waals surface area contributed by atoms with E-state index in [1.165, 1.54) is 0 Å². The van der Waals surface area contributed by atoms with E-state index in [1.807, 2.05) is 69.3 Å². The number of hydrogen-bond acceptors (Lipinski definition) is 3. The number of benzene rings is 3. The third kappa shape index (κ3) is 6.03. The van der Waals surface area contributed by atoms with Crippen LogP contribution in [0.3, 0.4) is 0 Å². The largest absolute Gasteiger partial charge is 0.326 e. The van der Waals surface area contributed by atoms with Gasteiger partial charge in [0.05, 0.1) is 4.90 Å². The van der Waals surface area contributed by atoms with Crippen molar-refractivity contribution in [2.24, 2.45) is 0 Å². The highest BCUT2D eigenvalue weighted by atomic mass is 32.2. The molecule has 1 amide bonds. The molecular weight excluding hydrogens is 408 g/mol. The van der Waals surface area contributed by atoms with Gasteiger partial charge in [0, 0.05) is 18.2 Å². The first kappa shape index (κ1) is 22.7. The zero-order valence-corrected chi connectivity index (χ0v) is 18.9. The van der Waals surface area contributed by atoms with E-state index < -0.39 is 10.0 Å². The molecule has 5 nitrogen and oxygen atoms in total. The molecule has 6 heteroatoms. The molecule has 0 heterocycles. The Bertz CT molecular complexity index is 1140. The van der Waals surface area contributed by atoms with Crippen LogP contribution in [-0.4, -0.2) is 14.3 Å². The number of amides is 1. The van der Waals surface area contributed by atoms with Gasteiger partial charge in [0.2, 0.25) is 15.9 Å². The molecule has 0 unspecified atom stereocenters. The molecule has 0 aromatic heterocycles. The van der Waals surface area contributed by atoms with Gasteiger partial charge < -0.3 is 5.32 Å². The Hall–Kier alpha value is -2.96. The minimum atomic E-state index is -3.63. The van der Waals surface area contributed by atoms with Gasteiger partial charge in [0.1, 0.15) is 0 Å². The highest BCUT2D eigenvalue weighted by Gasteiger charge is 2.18. The summed E-state index contributed by atoms with van der Waals surface area (Å²) in [4.78, 5) is 12.5. The molecule has 3 rings (SSSR count). The lowest BCUT2D eigenvalue weighted by molar-refractivity contribution is -0.116. The van der Waals surface area contributed by atoms with E-state index in [0.29, 0.717) is 12.8 Å². The predicted molar refractivity (Wildman–Crippen MR) is 124 cm³/mol. The SMILES string of the molecule is Cc1cccc(NC(=O)CCc2ccc(S(=O)(=O)N[C@H](C)c3ccccc3)cc2)c1C. The van der Waals surface area contributed by atoms with Gasteiger partial charge in [0.25, 0.3) is 0 Å². The smallest absolute Gasteiger partial charge is 0.241 e. The van der Waals surface area contributed by atoms with Gasteiger partial charge >= 0.3 is 0 Å². The van der Waals surface area contributed by atoms with Crippen molar-refractivity contribution in [3.63, 3.8) is 0 Å². The molecule has 162 valence electrons. The summed E-state index contributed by atoms with van der Waals surface area (Å²) in [6, 6.07) is 21.6. The molecule has 0 radical (unpaired) electrons. The van der Waals surface area contributed by atoms with Crippen LogP contribution in [0, 0.1) is 13.8 Å². The Kier molecular flexibility index (Phi) is 7.25. The molecule has 0 saturated heterocycles. The number of rotatable bonds is 8. The van der Waals surface area contributed by atoms with Gasteiger partial charge in [-0.15, -0.1) is 0 Å². The van der Waals surface area contributed by atoms with Gasteiger partial charge in [0.15, 0.2) is 0 Å². The summed E-state index contributed by atoms with van der Waals surface area (Å²) >= 11 is 0. The summed E-state index contributed by atoms with van der Waals surface area (Å²) in [6.45, 7) is 5.81. The van der Waals surface area contributed by atoms with Crippen molar-refractivity contribution in [1.82, 2.24) is 4.72 Å². The lowest BCUT2D eigenvalue weighted by Gasteiger charge is -2.15. The summed E-state index contributed by atoms with van der Waals surface area (Å²) in [5.41, 5.74) is 4.82. The van der Waals surface area contributed by atoms with Crippen LogP contribution in [0.15, 0.2) is 77.7 Å². The van der Waals surface area contributed by atoms with Crippen molar-refractivity contribution in [3.8, 4) is 0 Å². The highest BCUT2D eigenvalue weighted by Crippen LogP contribution is 2.20. The average Bonchev–Trinajstić information content (AvgIpc) is 2.76.